The molecule has 0 fully saturated rings. The summed E-state index contributed by atoms with van der Waals surface area (Å²) in [5, 5.41) is 3.26. The van der Waals surface area contributed by atoms with E-state index in [0.717, 1.165) is 22.5 Å². The number of amides is 1. The summed E-state index contributed by atoms with van der Waals surface area (Å²) in [6.45, 7) is 11.2. The quantitative estimate of drug-likeness (QED) is 0.916. The molecule has 1 aromatic carbocycles. The van der Waals surface area contributed by atoms with E-state index in [4.69, 9.17) is 0 Å². The lowest BCUT2D eigenvalue weighted by Gasteiger charge is -2.19. The number of benzene rings is 1. The zero-order valence-corrected chi connectivity index (χ0v) is 14.5. The van der Waals surface area contributed by atoms with Crippen LogP contribution >= 0.6 is 0 Å². The summed E-state index contributed by atoms with van der Waals surface area (Å²) in [5.41, 5.74) is 4.41. The number of carbonyl (C=O) groups is 1. The van der Waals surface area contributed by atoms with Gasteiger partial charge in [0.1, 0.15) is 5.69 Å². The fraction of sp³-hybridized carbons (Fsp3) is 0.389. The largest absolute Gasteiger partial charge is 0.338 e. The van der Waals surface area contributed by atoms with Gasteiger partial charge in [0.05, 0.1) is 0 Å². The Kier molecular flexibility index (Phi) is 5.32. The number of carbonyl (C=O) groups excluding carboxylic acids is 1. The highest BCUT2D eigenvalue weighted by Crippen LogP contribution is 2.23. The van der Waals surface area contributed by atoms with Crippen molar-refractivity contribution >= 4 is 17.5 Å². The van der Waals surface area contributed by atoms with Crippen LogP contribution in [0.2, 0.25) is 0 Å². The smallest absolute Gasteiger partial charge is 0.272 e. The molecule has 5 nitrogen and oxygen atoms in total. The van der Waals surface area contributed by atoms with Gasteiger partial charge in [-0.05, 0) is 51.8 Å². The molecular formula is C18H24N4O. The van der Waals surface area contributed by atoms with Crippen molar-refractivity contribution in [3.8, 4) is 0 Å². The average Bonchev–Trinajstić information content (AvgIpc) is 2.51. The van der Waals surface area contributed by atoms with Crippen molar-refractivity contribution < 1.29 is 4.79 Å². The number of nitrogens with zero attached hydrogens (tertiary/aromatic N) is 3. The van der Waals surface area contributed by atoms with Gasteiger partial charge in [0, 0.05) is 24.5 Å². The van der Waals surface area contributed by atoms with Gasteiger partial charge in [-0.25, -0.2) is 9.97 Å². The Labute approximate surface area is 137 Å². The second-order valence-corrected chi connectivity index (χ2v) is 5.59. The minimum Gasteiger partial charge on any atom is -0.338 e. The van der Waals surface area contributed by atoms with Gasteiger partial charge in [-0.2, -0.15) is 0 Å². The minimum absolute atomic E-state index is 0.0648. The third-order valence-corrected chi connectivity index (χ3v) is 3.84. The Hall–Kier alpha value is -2.43. The van der Waals surface area contributed by atoms with E-state index >= 15 is 0 Å². The number of hydrogen-bond donors (Lipinski definition) is 1. The molecule has 5 heteroatoms. The van der Waals surface area contributed by atoms with Crippen molar-refractivity contribution in [1.82, 2.24) is 14.9 Å². The molecule has 1 aromatic heterocycles. The number of aryl methyl sites for hydroxylation is 3. The third-order valence-electron chi connectivity index (χ3n) is 3.84. The van der Waals surface area contributed by atoms with Crippen LogP contribution in [0.5, 0.6) is 0 Å². The number of aromatic nitrogens is 2. The summed E-state index contributed by atoms with van der Waals surface area (Å²) in [7, 11) is 0. The van der Waals surface area contributed by atoms with Crippen LogP contribution in [0.15, 0.2) is 24.3 Å². The van der Waals surface area contributed by atoms with Crippen molar-refractivity contribution in [2.75, 3.05) is 18.4 Å². The maximum atomic E-state index is 12.5. The average molecular weight is 312 g/mol. The van der Waals surface area contributed by atoms with E-state index in [1.165, 1.54) is 0 Å². The molecule has 0 saturated heterocycles. The highest BCUT2D eigenvalue weighted by Gasteiger charge is 2.16. The Balaban J connectivity index is 2.36. The molecule has 0 spiro atoms. The van der Waals surface area contributed by atoms with Crippen LogP contribution in [-0.2, 0) is 0 Å². The minimum atomic E-state index is -0.0648. The predicted molar refractivity (Wildman–Crippen MR) is 93.2 cm³/mol. The summed E-state index contributed by atoms with van der Waals surface area (Å²) in [6.07, 6.45) is 0. The molecule has 23 heavy (non-hydrogen) atoms. The SMILES string of the molecule is CCN(CC)C(=O)c1cc(C)nc(Nc2c(C)cccc2C)n1. The fourth-order valence-electron chi connectivity index (χ4n) is 2.53. The van der Waals surface area contributed by atoms with E-state index < -0.39 is 0 Å². The summed E-state index contributed by atoms with van der Waals surface area (Å²) >= 11 is 0. The first-order valence-corrected chi connectivity index (χ1v) is 7.94. The van der Waals surface area contributed by atoms with Gasteiger partial charge >= 0.3 is 0 Å². The molecule has 0 aliphatic rings. The molecule has 2 aromatic rings. The second-order valence-electron chi connectivity index (χ2n) is 5.59. The lowest BCUT2D eigenvalue weighted by atomic mass is 10.1. The number of hydrogen-bond acceptors (Lipinski definition) is 4. The molecule has 0 radical (unpaired) electrons. The van der Waals surface area contributed by atoms with E-state index in [2.05, 4.69) is 15.3 Å². The second kappa shape index (κ2) is 7.22. The Bertz CT molecular complexity index is 688. The Morgan fingerprint density at radius 2 is 1.70 bits per heavy atom. The molecule has 122 valence electrons. The van der Waals surface area contributed by atoms with Crippen LogP contribution in [0.3, 0.4) is 0 Å². The van der Waals surface area contributed by atoms with Crippen LogP contribution in [0, 0.1) is 20.8 Å². The number of nitrogens with one attached hydrogen (secondary N) is 1. The zero-order chi connectivity index (χ0) is 17.0. The van der Waals surface area contributed by atoms with Gasteiger partial charge in [-0.3, -0.25) is 4.79 Å². The maximum absolute atomic E-state index is 12.5. The highest BCUT2D eigenvalue weighted by atomic mass is 16.2. The number of rotatable bonds is 5. The molecule has 0 aliphatic heterocycles. The first kappa shape index (κ1) is 16.9. The molecular weight excluding hydrogens is 288 g/mol. The molecule has 1 N–H and O–H groups in total. The molecule has 2 rings (SSSR count). The van der Waals surface area contributed by atoms with Gasteiger partial charge in [0.2, 0.25) is 5.95 Å². The van der Waals surface area contributed by atoms with Crippen molar-refractivity contribution in [1.29, 1.82) is 0 Å². The first-order chi connectivity index (χ1) is 11.0. The molecule has 0 atom stereocenters. The number of anilines is 2. The maximum Gasteiger partial charge on any atom is 0.272 e. The van der Waals surface area contributed by atoms with E-state index in [-0.39, 0.29) is 5.91 Å². The van der Waals surface area contributed by atoms with Crippen LogP contribution in [0.25, 0.3) is 0 Å². The predicted octanol–water partition coefficient (Wildman–Crippen LogP) is 3.63. The fourth-order valence-corrected chi connectivity index (χ4v) is 2.53. The van der Waals surface area contributed by atoms with E-state index in [9.17, 15) is 4.79 Å². The molecule has 0 saturated carbocycles. The summed E-state index contributed by atoms with van der Waals surface area (Å²) in [6, 6.07) is 7.82. The molecule has 1 amide bonds. The van der Waals surface area contributed by atoms with E-state index in [1.807, 2.05) is 52.8 Å². The Morgan fingerprint density at radius 3 is 2.26 bits per heavy atom. The van der Waals surface area contributed by atoms with Gasteiger partial charge < -0.3 is 10.2 Å². The van der Waals surface area contributed by atoms with Crippen LogP contribution in [0.1, 0.15) is 41.2 Å². The zero-order valence-electron chi connectivity index (χ0n) is 14.5. The summed E-state index contributed by atoms with van der Waals surface area (Å²) in [4.78, 5) is 23.1. The Morgan fingerprint density at radius 1 is 1.09 bits per heavy atom. The number of para-hydroxylation sites is 1. The van der Waals surface area contributed by atoms with Crippen LogP contribution in [0.4, 0.5) is 11.6 Å². The lowest BCUT2D eigenvalue weighted by molar-refractivity contribution is 0.0767. The monoisotopic (exact) mass is 312 g/mol. The molecule has 1 heterocycles. The van der Waals surface area contributed by atoms with Gasteiger partial charge in [0.15, 0.2) is 0 Å². The van der Waals surface area contributed by atoms with Crippen LogP contribution < -0.4 is 5.32 Å². The lowest BCUT2D eigenvalue weighted by Crippen LogP contribution is -2.31. The van der Waals surface area contributed by atoms with Crippen molar-refractivity contribution in [3.05, 3.63) is 46.8 Å². The van der Waals surface area contributed by atoms with E-state index in [0.29, 0.717) is 24.7 Å². The summed E-state index contributed by atoms with van der Waals surface area (Å²) < 4.78 is 0. The van der Waals surface area contributed by atoms with Crippen molar-refractivity contribution in [2.45, 2.75) is 34.6 Å². The van der Waals surface area contributed by atoms with Crippen molar-refractivity contribution in [3.63, 3.8) is 0 Å². The summed E-state index contributed by atoms with van der Waals surface area (Å²) in [5.74, 6) is 0.392. The topological polar surface area (TPSA) is 58.1 Å². The molecule has 0 bridgehead atoms. The van der Waals surface area contributed by atoms with Crippen LogP contribution in [-0.4, -0.2) is 33.9 Å². The highest BCUT2D eigenvalue weighted by molar-refractivity contribution is 5.92. The normalized spacial score (nSPS) is 10.5. The standard InChI is InChI=1S/C18H24N4O/c1-6-22(7-2)17(23)15-11-14(5)19-18(20-15)21-16-12(3)9-8-10-13(16)4/h8-11H,6-7H2,1-5H3,(H,19,20,21). The van der Waals surface area contributed by atoms with Gasteiger partial charge in [-0.1, -0.05) is 18.2 Å². The molecule has 0 aliphatic carbocycles. The first-order valence-electron chi connectivity index (χ1n) is 7.94. The van der Waals surface area contributed by atoms with Gasteiger partial charge in [0.25, 0.3) is 5.91 Å². The van der Waals surface area contributed by atoms with E-state index in [1.54, 1.807) is 11.0 Å². The van der Waals surface area contributed by atoms with Gasteiger partial charge in [-0.15, -0.1) is 0 Å². The third kappa shape index (κ3) is 3.86. The molecule has 0 unspecified atom stereocenters. The van der Waals surface area contributed by atoms with Crippen molar-refractivity contribution in [2.24, 2.45) is 0 Å².